The zero-order valence-corrected chi connectivity index (χ0v) is 13.6. The van der Waals surface area contributed by atoms with E-state index in [1.54, 1.807) is 0 Å². The monoisotopic (exact) mass is 318 g/mol. The number of benzene rings is 1. The Bertz CT molecular complexity index is 480. The van der Waals surface area contributed by atoms with Crippen molar-refractivity contribution in [1.29, 1.82) is 0 Å². The predicted molar refractivity (Wildman–Crippen MR) is 88.2 cm³/mol. The van der Waals surface area contributed by atoms with E-state index in [2.05, 4.69) is 5.32 Å². The van der Waals surface area contributed by atoms with E-state index in [-0.39, 0.29) is 6.09 Å². The average Bonchev–Trinajstić information content (AvgIpc) is 3.13. The number of amides is 1. The van der Waals surface area contributed by atoms with Crippen LogP contribution < -0.4 is 5.32 Å². The fraction of sp³-hybridized carbons (Fsp3) is 0.611. The van der Waals surface area contributed by atoms with E-state index >= 15 is 0 Å². The molecule has 5 nitrogen and oxygen atoms in total. The molecule has 0 spiro atoms. The van der Waals surface area contributed by atoms with Crippen LogP contribution in [0.4, 0.5) is 4.79 Å². The van der Waals surface area contributed by atoms with Crippen LogP contribution in [0.3, 0.4) is 0 Å². The van der Waals surface area contributed by atoms with E-state index in [0.717, 1.165) is 57.6 Å². The molecule has 5 heteroatoms. The highest BCUT2D eigenvalue weighted by atomic mass is 16.6. The maximum absolute atomic E-state index is 12.1. The van der Waals surface area contributed by atoms with Crippen LogP contribution in [0.25, 0.3) is 0 Å². The van der Waals surface area contributed by atoms with E-state index in [4.69, 9.17) is 9.47 Å². The maximum Gasteiger partial charge on any atom is 0.410 e. The Balaban J connectivity index is 1.34. The fourth-order valence-electron chi connectivity index (χ4n) is 3.14. The Morgan fingerprint density at radius 1 is 1.17 bits per heavy atom. The molecule has 23 heavy (non-hydrogen) atoms. The van der Waals surface area contributed by atoms with Gasteiger partial charge in [-0.25, -0.2) is 4.79 Å². The van der Waals surface area contributed by atoms with Crippen LogP contribution in [-0.4, -0.2) is 49.9 Å². The molecule has 0 aromatic heterocycles. The number of nitrogens with zero attached hydrogens (tertiary/aromatic N) is 1. The fourth-order valence-corrected chi connectivity index (χ4v) is 3.14. The summed E-state index contributed by atoms with van der Waals surface area (Å²) in [5.41, 5.74) is 1.02. The van der Waals surface area contributed by atoms with Crippen LogP contribution in [0.1, 0.15) is 24.8 Å². The summed E-state index contributed by atoms with van der Waals surface area (Å²) >= 11 is 0. The average molecular weight is 318 g/mol. The van der Waals surface area contributed by atoms with Crippen molar-refractivity contribution in [2.24, 2.45) is 5.92 Å². The van der Waals surface area contributed by atoms with Gasteiger partial charge in [-0.1, -0.05) is 30.3 Å². The third kappa shape index (κ3) is 4.94. The molecule has 2 heterocycles. The van der Waals surface area contributed by atoms with E-state index in [0.29, 0.717) is 18.6 Å². The van der Waals surface area contributed by atoms with Gasteiger partial charge in [-0.2, -0.15) is 0 Å². The van der Waals surface area contributed by atoms with Gasteiger partial charge in [0.05, 0.1) is 6.10 Å². The smallest absolute Gasteiger partial charge is 0.410 e. The molecule has 126 valence electrons. The first kappa shape index (κ1) is 16.3. The summed E-state index contributed by atoms with van der Waals surface area (Å²) in [6, 6.07) is 9.80. The summed E-state index contributed by atoms with van der Waals surface area (Å²) < 4.78 is 11.3. The predicted octanol–water partition coefficient (Wildman–Crippen LogP) is 2.41. The highest BCUT2D eigenvalue weighted by Crippen LogP contribution is 2.19. The van der Waals surface area contributed by atoms with E-state index < -0.39 is 0 Å². The van der Waals surface area contributed by atoms with Crippen LogP contribution >= 0.6 is 0 Å². The second-order valence-electron chi connectivity index (χ2n) is 6.42. The lowest BCUT2D eigenvalue weighted by Crippen LogP contribution is -2.40. The molecular formula is C18H26N2O3. The molecule has 0 radical (unpaired) electrons. The van der Waals surface area contributed by atoms with Gasteiger partial charge in [-0.3, -0.25) is 0 Å². The number of nitrogens with one attached hydrogen (secondary N) is 1. The number of piperidine rings is 1. The molecule has 1 N–H and O–H groups in total. The number of carbonyl (C=O) groups is 1. The Hall–Kier alpha value is -1.59. The van der Waals surface area contributed by atoms with Crippen LogP contribution in [0.15, 0.2) is 30.3 Å². The van der Waals surface area contributed by atoms with Gasteiger partial charge >= 0.3 is 6.09 Å². The minimum atomic E-state index is -0.201. The van der Waals surface area contributed by atoms with Crippen molar-refractivity contribution in [3.05, 3.63) is 35.9 Å². The van der Waals surface area contributed by atoms with Crippen LogP contribution in [0, 0.1) is 5.92 Å². The molecule has 0 aliphatic carbocycles. The maximum atomic E-state index is 12.1. The number of likely N-dealkylation sites (tertiary alicyclic amines) is 1. The van der Waals surface area contributed by atoms with Crippen molar-refractivity contribution in [3.63, 3.8) is 0 Å². The van der Waals surface area contributed by atoms with Gasteiger partial charge in [0.15, 0.2) is 0 Å². The lowest BCUT2D eigenvalue weighted by molar-refractivity contribution is 0.0197. The van der Waals surface area contributed by atoms with E-state index in [9.17, 15) is 4.79 Å². The summed E-state index contributed by atoms with van der Waals surface area (Å²) in [4.78, 5) is 13.9. The second-order valence-corrected chi connectivity index (χ2v) is 6.42. The number of ether oxygens (including phenoxy) is 2. The van der Waals surface area contributed by atoms with Gasteiger partial charge in [0, 0.05) is 26.2 Å². The molecule has 2 aliphatic rings. The van der Waals surface area contributed by atoms with Gasteiger partial charge < -0.3 is 19.7 Å². The summed E-state index contributed by atoms with van der Waals surface area (Å²) in [5.74, 6) is 0.564. The summed E-state index contributed by atoms with van der Waals surface area (Å²) in [6.07, 6.45) is 3.29. The Morgan fingerprint density at radius 2 is 1.96 bits per heavy atom. The number of hydrogen-bond donors (Lipinski definition) is 1. The molecule has 1 aromatic carbocycles. The van der Waals surface area contributed by atoms with E-state index in [1.807, 2.05) is 35.2 Å². The SMILES string of the molecule is O=C(OCc1ccccc1)N1CCC(CO[C@H]2CCNC2)CC1. The molecular weight excluding hydrogens is 292 g/mol. The number of hydrogen-bond acceptors (Lipinski definition) is 4. The molecule has 0 bridgehead atoms. The molecule has 1 aromatic rings. The third-order valence-corrected chi connectivity index (χ3v) is 4.66. The minimum absolute atomic E-state index is 0.201. The first-order chi connectivity index (χ1) is 11.3. The lowest BCUT2D eigenvalue weighted by atomic mass is 9.98. The van der Waals surface area contributed by atoms with Crippen LogP contribution in [0.2, 0.25) is 0 Å². The topological polar surface area (TPSA) is 50.8 Å². The molecule has 0 unspecified atom stereocenters. The van der Waals surface area contributed by atoms with Gasteiger partial charge in [0.2, 0.25) is 0 Å². The number of rotatable bonds is 5. The zero-order chi connectivity index (χ0) is 15.9. The van der Waals surface area contributed by atoms with Crippen molar-refractivity contribution < 1.29 is 14.3 Å². The van der Waals surface area contributed by atoms with Gasteiger partial charge in [-0.05, 0) is 37.3 Å². The zero-order valence-electron chi connectivity index (χ0n) is 13.6. The van der Waals surface area contributed by atoms with Crippen molar-refractivity contribution in [2.45, 2.75) is 32.0 Å². The van der Waals surface area contributed by atoms with Gasteiger partial charge in [-0.15, -0.1) is 0 Å². The van der Waals surface area contributed by atoms with Crippen molar-refractivity contribution >= 4 is 6.09 Å². The molecule has 2 aliphatic heterocycles. The van der Waals surface area contributed by atoms with Gasteiger partial charge in [0.25, 0.3) is 0 Å². The van der Waals surface area contributed by atoms with Gasteiger partial charge in [0.1, 0.15) is 6.61 Å². The van der Waals surface area contributed by atoms with Crippen molar-refractivity contribution in [3.8, 4) is 0 Å². The molecule has 3 rings (SSSR count). The Labute approximate surface area is 137 Å². The largest absolute Gasteiger partial charge is 0.445 e. The number of carbonyl (C=O) groups excluding carboxylic acids is 1. The molecule has 2 fully saturated rings. The first-order valence-electron chi connectivity index (χ1n) is 8.59. The summed E-state index contributed by atoms with van der Waals surface area (Å²) in [5, 5.41) is 3.32. The standard InChI is InChI=1S/C18H26N2O3/c21-18(23-14-15-4-2-1-3-5-15)20-10-7-16(8-11-20)13-22-17-6-9-19-12-17/h1-5,16-17,19H,6-14H2/t17-/m0/s1. The highest BCUT2D eigenvalue weighted by molar-refractivity contribution is 5.67. The Kier molecular flexibility index (Phi) is 5.88. The van der Waals surface area contributed by atoms with Crippen molar-refractivity contribution in [2.75, 3.05) is 32.8 Å². The van der Waals surface area contributed by atoms with Crippen molar-refractivity contribution in [1.82, 2.24) is 10.2 Å². The summed E-state index contributed by atoms with van der Waals surface area (Å²) in [6.45, 7) is 4.74. The normalized spacial score (nSPS) is 22.3. The van der Waals surface area contributed by atoms with Crippen LogP contribution in [0.5, 0.6) is 0 Å². The third-order valence-electron chi connectivity index (χ3n) is 4.66. The quantitative estimate of drug-likeness (QED) is 0.906. The first-order valence-corrected chi connectivity index (χ1v) is 8.59. The second kappa shape index (κ2) is 8.31. The van der Waals surface area contributed by atoms with E-state index in [1.165, 1.54) is 0 Å². The minimum Gasteiger partial charge on any atom is -0.445 e. The van der Waals surface area contributed by atoms with Crippen LogP contribution in [-0.2, 0) is 16.1 Å². The molecule has 0 saturated carbocycles. The molecule has 1 atom stereocenters. The lowest BCUT2D eigenvalue weighted by Gasteiger charge is -2.31. The highest BCUT2D eigenvalue weighted by Gasteiger charge is 2.25. The molecule has 1 amide bonds. The Morgan fingerprint density at radius 3 is 2.65 bits per heavy atom. The summed E-state index contributed by atoms with van der Waals surface area (Å²) in [7, 11) is 0. The molecule has 2 saturated heterocycles.